The molecule has 4 heteroatoms. The number of hydrogen-bond donors (Lipinski definition) is 0. The summed E-state index contributed by atoms with van der Waals surface area (Å²) >= 11 is 6.50. The average molecular weight is 226 g/mol. The first kappa shape index (κ1) is 9.16. The van der Waals surface area contributed by atoms with Crippen LogP contribution in [0.4, 0.5) is 0 Å². The first-order valence-corrected chi connectivity index (χ1v) is 8.10. The van der Waals surface area contributed by atoms with Crippen molar-refractivity contribution < 1.29 is 20.4 Å². The summed E-state index contributed by atoms with van der Waals surface area (Å²) in [4.78, 5) is 0. The van der Waals surface area contributed by atoms with Crippen molar-refractivity contribution in [1.29, 1.82) is 0 Å². The van der Waals surface area contributed by atoms with E-state index in [0.717, 1.165) is 0 Å². The van der Waals surface area contributed by atoms with Crippen molar-refractivity contribution >= 4 is 26.3 Å². The Morgan fingerprint density at radius 2 is 1.25 bits per heavy atom. The molecule has 2 N–H and O–H groups in total. The van der Waals surface area contributed by atoms with Crippen LogP contribution in [0, 0.1) is 0 Å². The standard InChI is InChI=1S/2BrH.H2O.Ti/h2*1H;1H2;/q;;;+2/p-2. The Balaban J connectivity index is 0. The first-order valence-electron chi connectivity index (χ1n) is 0.378. The van der Waals surface area contributed by atoms with E-state index in [1.807, 2.05) is 0 Å². The summed E-state index contributed by atoms with van der Waals surface area (Å²) < 4.78 is 0. The van der Waals surface area contributed by atoms with Crippen LogP contribution in [-0.2, 0) is 15.0 Å². The zero-order valence-corrected chi connectivity index (χ0v) is 6.49. The van der Waals surface area contributed by atoms with Gasteiger partial charge in [-0.3, -0.25) is 0 Å². The Kier molecular flexibility index (Phi) is 20.2. The molecule has 0 spiro atoms. The molecular formula is H2Br2OTi. The molecule has 4 heavy (non-hydrogen) atoms. The van der Waals surface area contributed by atoms with Gasteiger partial charge in [0.2, 0.25) is 0 Å². The summed E-state index contributed by atoms with van der Waals surface area (Å²) in [6, 6.07) is 0. The maximum absolute atomic E-state index is 3.19. The van der Waals surface area contributed by atoms with Crippen molar-refractivity contribution in [3.8, 4) is 0 Å². The topological polar surface area (TPSA) is 31.5 Å². The van der Waals surface area contributed by atoms with E-state index in [1.165, 1.54) is 0 Å². The van der Waals surface area contributed by atoms with Crippen molar-refractivity contribution in [2.45, 2.75) is 0 Å². The van der Waals surface area contributed by atoms with Crippen molar-refractivity contribution in [3.63, 3.8) is 0 Å². The minimum absolute atomic E-state index is 0. The Morgan fingerprint density at radius 3 is 1.25 bits per heavy atom. The maximum atomic E-state index is 3.19. The fourth-order valence-electron chi connectivity index (χ4n) is 0. The molecule has 0 unspecified atom stereocenters. The number of rotatable bonds is 0. The van der Waals surface area contributed by atoms with Crippen molar-refractivity contribution in [3.05, 3.63) is 0 Å². The molecule has 0 rings (SSSR count). The SMILES string of the molecule is O.[Br][Ti][Br]. The van der Waals surface area contributed by atoms with Gasteiger partial charge >= 0.3 is 41.3 Å². The van der Waals surface area contributed by atoms with Crippen molar-refractivity contribution in [1.82, 2.24) is 0 Å². The molecule has 0 saturated carbocycles. The molecular weight excluding hydrogens is 224 g/mol. The molecule has 0 amide bonds. The van der Waals surface area contributed by atoms with Gasteiger partial charge in [0, 0.05) is 0 Å². The second kappa shape index (κ2) is 8.82. The Labute approximate surface area is 46.5 Å². The number of halogens is 2. The van der Waals surface area contributed by atoms with Gasteiger partial charge in [-0.15, -0.1) is 0 Å². The van der Waals surface area contributed by atoms with Crippen LogP contribution in [0.5, 0.6) is 0 Å². The van der Waals surface area contributed by atoms with Gasteiger partial charge < -0.3 is 5.48 Å². The summed E-state index contributed by atoms with van der Waals surface area (Å²) in [5.41, 5.74) is 0. The van der Waals surface area contributed by atoms with Gasteiger partial charge in [0.05, 0.1) is 0 Å². The molecule has 0 aliphatic rings. The number of hydrogen-bond acceptors (Lipinski definition) is 0. The van der Waals surface area contributed by atoms with Gasteiger partial charge in [0.25, 0.3) is 0 Å². The van der Waals surface area contributed by atoms with Crippen molar-refractivity contribution in [2.75, 3.05) is 0 Å². The van der Waals surface area contributed by atoms with Gasteiger partial charge in [-0.05, 0) is 0 Å². The van der Waals surface area contributed by atoms with E-state index in [2.05, 4.69) is 26.3 Å². The van der Waals surface area contributed by atoms with Crippen LogP contribution in [-0.4, -0.2) is 5.48 Å². The third-order valence-electron chi connectivity index (χ3n) is 0. The third-order valence-corrected chi connectivity index (χ3v) is 0. The molecule has 1 nitrogen and oxygen atoms in total. The summed E-state index contributed by atoms with van der Waals surface area (Å²) in [6.07, 6.45) is 0. The molecule has 0 aromatic rings. The molecule has 0 heterocycles. The van der Waals surface area contributed by atoms with E-state index in [1.54, 1.807) is 0 Å². The van der Waals surface area contributed by atoms with Crippen LogP contribution in [0.3, 0.4) is 0 Å². The fourth-order valence-corrected chi connectivity index (χ4v) is 0. The van der Waals surface area contributed by atoms with Gasteiger partial charge in [0.1, 0.15) is 0 Å². The van der Waals surface area contributed by atoms with Crippen LogP contribution >= 0.6 is 26.3 Å². The third kappa shape index (κ3) is 9.44. The Hall–Kier alpha value is 1.63. The summed E-state index contributed by atoms with van der Waals surface area (Å²) in [7, 11) is 0. The summed E-state index contributed by atoms with van der Waals surface area (Å²) in [6.45, 7) is 0. The second-order valence-electron chi connectivity index (χ2n) is 0.0714. The molecule has 0 radical (unpaired) electrons. The molecule has 0 aromatic carbocycles. The van der Waals surface area contributed by atoms with Gasteiger partial charge in [-0.25, -0.2) is 0 Å². The second-order valence-corrected chi connectivity index (χ2v) is 7.95. The molecule has 26 valence electrons. The predicted molar refractivity (Wildman–Crippen MR) is 21.5 cm³/mol. The Bertz CT molecular complexity index is 6.00. The van der Waals surface area contributed by atoms with Crippen LogP contribution in [0.2, 0.25) is 0 Å². The molecule has 0 aliphatic heterocycles. The Morgan fingerprint density at radius 1 is 1.25 bits per heavy atom. The molecule has 0 aliphatic carbocycles. The fraction of sp³-hybridized carbons (Fsp3) is 0. The van der Waals surface area contributed by atoms with Gasteiger partial charge in [-0.1, -0.05) is 0 Å². The van der Waals surface area contributed by atoms with Crippen LogP contribution in [0.1, 0.15) is 0 Å². The zero-order valence-electron chi connectivity index (χ0n) is 1.76. The summed E-state index contributed by atoms with van der Waals surface area (Å²) in [5.74, 6) is 0. The quantitative estimate of drug-likeness (QED) is 0.548. The van der Waals surface area contributed by atoms with E-state index >= 15 is 0 Å². The predicted octanol–water partition coefficient (Wildman–Crippen LogP) is 0.864. The monoisotopic (exact) mass is 224 g/mol. The summed E-state index contributed by atoms with van der Waals surface area (Å²) in [5, 5.41) is 0. The van der Waals surface area contributed by atoms with Crippen molar-refractivity contribution in [2.24, 2.45) is 0 Å². The zero-order chi connectivity index (χ0) is 2.71. The minimum atomic E-state index is 0. The van der Waals surface area contributed by atoms with E-state index in [9.17, 15) is 0 Å². The normalized spacial score (nSPS) is 3.50. The van der Waals surface area contributed by atoms with E-state index in [4.69, 9.17) is 0 Å². The van der Waals surface area contributed by atoms with E-state index in [-0.39, 0.29) is 20.4 Å². The average Bonchev–Trinajstić information content (AvgIpc) is 0.918. The van der Waals surface area contributed by atoms with E-state index < -0.39 is 0 Å². The first-order chi connectivity index (χ1) is 1.41. The molecule has 0 fully saturated rings. The van der Waals surface area contributed by atoms with Crippen LogP contribution < -0.4 is 0 Å². The van der Waals surface area contributed by atoms with Crippen LogP contribution in [0.15, 0.2) is 0 Å². The molecule has 0 bridgehead atoms. The molecule has 0 saturated heterocycles. The molecule has 0 aromatic heterocycles. The van der Waals surface area contributed by atoms with Gasteiger partial charge in [0.15, 0.2) is 0 Å². The van der Waals surface area contributed by atoms with Crippen LogP contribution in [0.25, 0.3) is 0 Å². The van der Waals surface area contributed by atoms with Gasteiger partial charge in [-0.2, -0.15) is 0 Å². The molecule has 0 atom stereocenters. The van der Waals surface area contributed by atoms with E-state index in [0.29, 0.717) is 0 Å².